The van der Waals surface area contributed by atoms with E-state index in [0.29, 0.717) is 0 Å². The van der Waals surface area contributed by atoms with E-state index in [0.717, 1.165) is 0 Å². The Morgan fingerprint density at radius 2 is 2.09 bits per heavy atom. The summed E-state index contributed by atoms with van der Waals surface area (Å²) in [5, 5.41) is 11.9. The first-order valence-electron chi connectivity index (χ1n) is 3.65. The second-order valence-corrected chi connectivity index (χ2v) is 3.65. The lowest BCUT2D eigenvalue weighted by Gasteiger charge is -2.24. The van der Waals surface area contributed by atoms with Gasteiger partial charge in [-0.2, -0.15) is 0 Å². The van der Waals surface area contributed by atoms with Crippen molar-refractivity contribution >= 4 is 0 Å². The molecule has 11 heavy (non-hydrogen) atoms. The Balaban J connectivity index is 2.55. The van der Waals surface area contributed by atoms with Crippen LogP contribution in [0.25, 0.3) is 0 Å². The van der Waals surface area contributed by atoms with Crippen LogP contribution >= 0.6 is 0 Å². The van der Waals surface area contributed by atoms with Gasteiger partial charge in [-0.25, -0.2) is 8.78 Å². The van der Waals surface area contributed by atoms with Gasteiger partial charge in [0.2, 0.25) is 0 Å². The third-order valence-corrected chi connectivity index (χ3v) is 1.96. The third-order valence-electron chi connectivity index (χ3n) is 1.96. The van der Waals surface area contributed by atoms with Crippen LogP contribution in [0.4, 0.5) is 8.78 Å². The molecule has 2 nitrogen and oxygen atoms in total. The Kier molecular flexibility index (Phi) is 1.92. The molecule has 2 N–H and O–H groups in total. The van der Waals surface area contributed by atoms with Crippen LogP contribution in [0.5, 0.6) is 0 Å². The van der Waals surface area contributed by atoms with Crippen molar-refractivity contribution in [2.24, 2.45) is 0 Å². The number of aliphatic hydroxyl groups is 1. The number of halogens is 2. The fourth-order valence-corrected chi connectivity index (χ4v) is 1.22. The maximum atomic E-state index is 12.6. The van der Waals surface area contributed by atoms with Gasteiger partial charge >= 0.3 is 0 Å². The third kappa shape index (κ3) is 2.10. The van der Waals surface area contributed by atoms with E-state index < -0.39 is 17.6 Å². The zero-order valence-corrected chi connectivity index (χ0v) is 6.69. The van der Waals surface area contributed by atoms with Crippen molar-refractivity contribution in [3.05, 3.63) is 0 Å². The molecule has 1 atom stereocenters. The van der Waals surface area contributed by atoms with Crippen LogP contribution < -0.4 is 5.32 Å². The van der Waals surface area contributed by atoms with E-state index in [1.165, 1.54) is 13.8 Å². The first-order chi connectivity index (χ1) is 4.81. The van der Waals surface area contributed by atoms with Crippen molar-refractivity contribution < 1.29 is 13.9 Å². The predicted molar refractivity (Wildman–Crippen MR) is 37.7 cm³/mol. The highest BCUT2D eigenvalue weighted by Gasteiger charge is 2.44. The quantitative estimate of drug-likeness (QED) is 0.601. The summed E-state index contributed by atoms with van der Waals surface area (Å²) >= 11 is 0. The Hall–Kier alpha value is -0.220. The molecule has 0 bridgehead atoms. The van der Waals surface area contributed by atoms with Crippen molar-refractivity contribution in [2.45, 2.75) is 37.8 Å². The van der Waals surface area contributed by atoms with Gasteiger partial charge in [0.15, 0.2) is 0 Å². The highest BCUT2D eigenvalue weighted by Crippen LogP contribution is 2.29. The van der Waals surface area contributed by atoms with Crippen LogP contribution in [0, 0.1) is 0 Å². The van der Waals surface area contributed by atoms with Gasteiger partial charge in [0, 0.05) is 12.5 Å². The Bertz CT molecular complexity index is 153. The van der Waals surface area contributed by atoms with Gasteiger partial charge in [0.25, 0.3) is 5.92 Å². The highest BCUT2D eigenvalue weighted by atomic mass is 19.3. The molecule has 0 amide bonds. The second kappa shape index (κ2) is 2.38. The van der Waals surface area contributed by atoms with Gasteiger partial charge in [0.05, 0.1) is 12.1 Å². The van der Waals surface area contributed by atoms with Crippen LogP contribution in [-0.2, 0) is 0 Å². The predicted octanol–water partition coefficient (Wildman–Crippen LogP) is 0.754. The van der Waals surface area contributed by atoms with E-state index >= 15 is 0 Å². The lowest BCUT2D eigenvalue weighted by atomic mass is 9.97. The molecule has 0 aromatic rings. The van der Waals surface area contributed by atoms with E-state index in [4.69, 9.17) is 0 Å². The smallest absolute Gasteiger partial charge is 0.261 e. The topological polar surface area (TPSA) is 32.3 Å². The summed E-state index contributed by atoms with van der Waals surface area (Å²) < 4.78 is 25.1. The second-order valence-electron chi connectivity index (χ2n) is 3.65. The summed E-state index contributed by atoms with van der Waals surface area (Å²) in [4.78, 5) is 0. The van der Waals surface area contributed by atoms with Crippen LogP contribution in [-0.4, -0.2) is 29.2 Å². The van der Waals surface area contributed by atoms with Gasteiger partial charge in [-0.1, -0.05) is 0 Å². The molecule has 0 aliphatic carbocycles. The zero-order valence-electron chi connectivity index (χ0n) is 6.69. The minimum atomic E-state index is -2.65. The molecule has 0 aromatic carbocycles. The molecule has 0 saturated carbocycles. The van der Waals surface area contributed by atoms with Gasteiger partial charge < -0.3 is 10.4 Å². The summed E-state index contributed by atoms with van der Waals surface area (Å²) in [5.74, 6) is -2.65. The lowest BCUT2D eigenvalue weighted by Crippen LogP contribution is -2.42. The molecule has 1 aliphatic heterocycles. The van der Waals surface area contributed by atoms with E-state index in [1.807, 2.05) is 0 Å². The van der Waals surface area contributed by atoms with Crippen molar-refractivity contribution in [1.29, 1.82) is 0 Å². The molecule has 0 spiro atoms. The van der Waals surface area contributed by atoms with Gasteiger partial charge in [-0.15, -0.1) is 0 Å². The fraction of sp³-hybridized carbons (Fsp3) is 1.00. The largest absolute Gasteiger partial charge is 0.389 e. The average molecular weight is 165 g/mol. The Morgan fingerprint density at radius 3 is 2.27 bits per heavy atom. The number of nitrogens with one attached hydrogen (secondary N) is 1. The molecular formula is C7H13F2NO. The number of rotatable bonds is 1. The monoisotopic (exact) mass is 165 g/mol. The van der Waals surface area contributed by atoms with Crippen LogP contribution in [0.3, 0.4) is 0 Å². The molecule has 66 valence electrons. The normalized spacial score (nSPS) is 30.8. The van der Waals surface area contributed by atoms with Crippen molar-refractivity contribution in [1.82, 2.24) is 5.32 Å². The molecule has 4 heteroatoms. The standard InChI is InChI=1S/C7H13F2NO/c1-6(2,11)5-3-7(8,9)4-10-5/h5,10-11H,3-4H2,1-2H3. The minimum Gasteiger partial charge on any atom is -0.389 e. The maximum absolute atomic E-state index is 12.6. The summed E-state index contributed by atoms with van der Waals surface area (Å²) in [6.45, 7) is 2.75. The Labute approximate surface area is 64.6 Å². The van der Waals surface area contributed by atoms with E-state index in [2.05, 4.69) is 5.32 Å². The Morgan fingerprint density at radius 1 is 1.55 bits per heavy atom. The van der Waals surface area contributed by atoms with E-state index in [1.54, 1.807) is 0 Å². The summed E-state index contributed by atoms with van der Waals surface area (Å²) in [7, 11) is 0. The van der Waals surface area contributed by atoms with Crippen LogP contribution in [0.2, 0.25) is 0 Å². The lowest BCUT2D eigenvalue weighted by molar-refractivity contribution is -0.00161. The molecule has 1 heterocycles. The molecule has 0 radical (unpaired) electrons. The number of alkyl halides is 2. The van der Waals surface area contributed by atoms with Gasteiger partial charge in [-0.3, -0.25) is 0 Å². The summed E-state index contributed by atoms with van der Waals surface area (Å²) in [6.07, 6.45) is -0.267. The van der Waals surface area contributed by atoms with Gasteiger partial charge in [0.1, 0.15) is 0 Å². The van der Waals surface area contributed by atoms with Crippen LogP contribution in [0.15, 0.2) is 0 Å². The van der Waals surface area contributed by atoms with Crippen molar-refractivity contribution in [3.8, 4) is 0 Å². The van der Waals surface area contributed by atoms with Gasteiger partial charge in [-0.05, 0) is 13.8 Å². The van der Waals surface area contributed by atoms with E-state index in [-0.39, 0.29) is 13.0 Å². The summed E-state index contributed by atoms with van der Waals surface area (Å²) in [5.41, 5.74) is -1.06. The fourth-order valence-electron chi connectivity index (χ4n) is 1.22. The number of hydrogen-bond acceptors (Lipinski definition) is 2. The van der Waals surface area contributed by atoms with Crippen LogP contribution in [0.1, 0.15) is 20.3 Å². The first-order valence-corrected chi connectivity index (χ1v) is 3.65. The zero-order chi connectivity index (χ0) is 8.70. The van der Waals surface area contributed by atoms with Crippen molar-refractivity contribution in [3.63, 3.8) is 0 Å². The SMILES string of the molecule is CC(C)(O)C1CC(F)(F)CN1. The average Bonchev–Trinajstić information content (AvgIpc) is 2.07. The molecular weight excluding hydrogens is 152 g/mol. The molecule has 0 aromatic heterocycles. The molecule has 1 aliphatic rings. The van der Waals surface area contributed by atoms with E-state index in [9.17, 15) is 13.9 Å². The molecule has 1 fully saturated rings. The highest BCUT2D eigenvalue weighted by molar-refractivity contribution is 4.95. The minimum absolute atomic E-state index is 0.267. The maximum Gasteiger partial charge on any atom is 0.261 e. The summed E-state index contributed by atoms with van der Waals surface area (Å²) in [6, 6.07) is -0.488. The van der Waals surface area contributed by atoms with Crippen molar-refractivity contribution in [2.75, 3.05) is 6.54 Å². The molecule has 1 saturated heterocycles. The molecule has 1 rings (SSSR count). The molecule has 1 unspecified atom stereocenters. The first kappa shape index (κ1) is 8.87. The number of hydrogen-bond donors (Lipinski definition) is 2.